The van der Waals surface area contributed by atoms with Gasteiger partial charge in [0.05, 0.1) is 12.7 Å². The highest BCUT2D eigenvalue weighted by atomic mass is 32.2. The third kappa shape index (κ3) is 13.9. The summed E-state index contributed by atoms with van der Waals surface area (Å²) in [5.41, 5.74) is -2.85. The van der Waals surface area contributed by atoms with E-state index in [-0.39, 0.29) is 17.6 Å². The molecule has 0 fully saturated rings. The van der Waals surface area contributed by atoms with Crippen molar-refractivity contribution in [1.29, 1.82) is 0 Å². The standard InChI is InChI=1S/2C5H10O4S/c1-3(6)2-10-5(9)4(7)8;1-3(2-6)10-5(9)4(7)8/h2*3,5-6,9H,2H2,1H3,(H,7,8). The van der Waals surface area contributed by atoms with E-state index < -0.39 is 28.9 Å². The first-order chi connectivity index (χ1) is 9.11. The minimum absolute atomic E-state index is 0.130. The number of carbonyl (C=O) groups is 2. The highest BCUT2D eigenvalue weighted by molar-refractivity contribution is 8.01. The molecule has 10 heteroatoms. The molecule has 0 radical (unpaired) electrons. The van der Waals surface area contributed by atoms with Crippen molar-refractivity contribution in [2.24, 2.45) is 0 Å². The predicted octanol–water partition coefficient (Wildman–Crippen LogP) is -0.993. The molecule has 0 aromatic heterocycles. The highest BCUT2D eigenvalue weighted by Crippen LogP contribution is 2.14. The van der Waals surface area contributed by atoms with Gasteiger partial charge < -0.3 is 30.6 Å². The maximum atomic E-state index is 10.00. The van der Waals surface area contributed by atoms with Crippen molar-refractivity contribution in [3.05, 3.63) is 0 Å². The van der Waals surface area contributed by atoms with Crippen LogP contribution in [0.25, 0.3) is 0 Å². The zero-order valence-corrected chi connectivity index (χ0v) is 12.7. The summed E-state index contributed by atoms with van der Waals surface area (Å²) >= 11 is 1.61. The van der Waals surface area contributed by atoms with Gasteiger partial charge in [-0.15, -0.1) is 23.5 Å². The molecule has 0 aliphatic heterocycles. The van der Waals surface area contributed by atoms with Crippen LogP contribution in [-0.4, -0.2) is 77.2 Å². The van der Waals surface area contributed by atoms with Crippen LogP contribution in [0.5, 0.6) is 0 Å². The second-order valence-corrected chi connectivity index (χ2v) is 6.33. The Morgan fingerprint density at radius 3 is 1.75 bits per heavy atom. The molecule has 120 valence electrons. The van der Waals surface area contributed by atoms with Gasteiger partial charge in [-0.1, -0.05) is 6.92 Å². The Labute approximate surface area is 124 Å². The summed E-state index contributed by atoms with van der Waals surface area (Å²) < 4.78 is 0. The quantitative estimate of drug-likeness (QED) is 0.305. The SMILES string of the molecule is CC(CO)SC(O)C(=O)O.CC(O)CSC(O)C(=O)O. The summed E-state index contributed by atoms with van der Waals surface area (Å²) in [4.78, 5) is 20.0. The average Bonchev–Trinajstić information content (AvgIpc) is 2.35. The lowest BCUT2D eigenvalue weighted by Crippen LogP contribution is -2.19. The molecule has 0 bridgehead atoms. The normalized spacial score (nSPS) is 16.3. The minimum Gasteiger partial charge on any atom is -0.479 e. The summed E-state index contributed by atoms with van der Waals surface area (Å²) in [6.07, 6.45) is -0.584. The summed E-state index contributed by atoms with van der Waals surface area (Å²) in [5.74, 6) is -2.32. The van der Waals surface area contributed by atoms with Crippen molar-refractivity contribution in [3.8, 4) is 0 Å². The Morgan fingerprint density at radius 2 is 1.45 bits per heavy atom. The molecule has 0 aromatic carbocycles. The molecular weight excluding hydrogens is 312 g/mol. The molecule has 0 saturated heterocycles. The lowest BCUT2D eigenvalue weighted by Gasteiger charge is -2.09. The molecule has 0 aliphatic carbocycles. The molecule has 0 amide bonds. The Balaban J connectivity index is 0. The van der Waals surface area contributed by atoms with E-state index in [0.717, 1.165) is 23.5 Å². The van der Waals surface area contributed by atoms with Crippen LogP contribution in [0.1, 0.15) is 13.8 Å². The number of aliphatic hydroxyl groups excluding tert-OH is 4. The van der Waals surface area contributed by atoms with Gasteiger partial charge in [0, 0.05) is 11.0 Å². The molecule has 0 heterocycles. The number of aliphatic hydroxyl groups is 4. The molecule has 0 spiro atoms. The zero-order valence-electron chi connectivity index (χ0n) is 11.0. The van der Waals surface area contributed by atoms with Crippen molar-refractivity contribution in [2.75, 3.05) is 12.4 Å². The highest BCUT2D eigenvalue weighted by Gasteiger charge is 2.16. The van der Waals surface area contributed by atoms with E-state index in [2.05, 4.69) is 0 Å². The van der Waals surface area contributed by atoms with E-state index in [1.165, 1.54) is 6.92 Å². The second kappa shape index (κ2) is 12.2. The molecule has 8 nitrogen and oxygen atoms in total. The van der Waals surface area contributed by atoms with E-state index in [4.69, 9.17) is 30.6 Å². The van der Waals surface area contributed by atoms with Gasteiger partial charge in [0.15, 0.2) is 10.9 Å². The fourth-order valence-corrected chi connectivity index (χ4v) is 1.87. The molecular formula is C10H20O8S2. The predicted molar refractivity (Wildman–Crippen MR) is 75.6 cm³/mol. The first-order valence-corrected chi connectivity index (χ1v) is 7.48. The van der Waals surface area contributed by atoms with Crippen LogP contribution in [0, 0.1) is 0 Å². The summed E-state index contributed by atoms with van der Waals surface area (Å²) in [6, 6.07) is 0. The number of carboxylic acid groups (broad SMARTS) is 2. The summed E-state index contributed by atoms with van der Waals surface area (Å²) in [7, 11) is 0. The molecule has 20 heavy (non-hydrogen) atoms. The first-order valence-electron chi connectivity index (χ1n) is 5.49. The van der Waals surface area contributed by atoms with Crippen molar-refractivity contribution < 1.29 is 40.2 Å². The Hall–Kier alpha value is -0.520. The van der Waals surface area contributed by atoms with Gasteiger partial charge >= 0.3 is 11.9 Å². The molecule has 6 N–H and O–H groups in total. The Morgan fingerprint density at radius 1 is 1.00 bits per heavy atom. The largest absolute Gasteiger partial charge is 0.479 e. The van der Waals surface area contributed by atoms with Crippen molar-refractivity contribution >= 4 is 35.5 Å². The van der Waals surface area contributed by atoms with Gasteiger partial charge in [0.2, 0.25) is 0 Å². The van der Waals surface area contributed by atoms with Crippen LogP contribution in [0.15, 0.2) is 0 Å². The molecule has 4 atom stereocenters. The summed E-state index contributed by atoms with van der Waals surface area (Å²) in [5, 5.41) is 50.5. The second-order valence-electron chi connectivity index (χ2n) is 3.69. The van der Waals surface area contributed by atoms with Gasteiger partial charge in [0.1, 0.15) is 0 Å². The van der Waals surface area contributed by atoms with E-state index in [9.17, 15) is 9.59 Å². The van der Waals surface area contributed by atoms with E-state index in [1.54, 1.807) is 6.92 Å². The lowest BCUT2D eigenvalue weighted by atomic mass is 10.5. The van der Waals surface area contributed by atoms with Crippen LogP contribution < -0.4 is 0 Å². The van der Waals surface area contributed by atoms with Crippen molar-refractivity contribution in [3.63, 3.8) is 0 Å². The lowest BCUT2D eigenvalue weighted by molar-refractivity contribution is -0.142. The van der Waals surface area contributed by atoms with Gasteiger partial charge in [-0.05, 0) is 6.92 Å². The van der Waals surface area contributed by atoms with Crippen molar-refractivity contribution in [1.82, 2.24) is 0 Å². The molecule has 0 aliphatic rings. The van der Waals surface area contributed by atoms with E-state index in [1.807, 2.05) is 0 Å². The maximum Gasteiger partial charge on any atom is 0.343 e. The van der Waals surface area contributed by atoms with Crippen molar-refractivity contribution in [2.45, 2.75) is 36.1 Å². The van der Waals surface area contributed by atoms with Gasteiger partial charge in [-0.3, -0.25) is 0 Å². The topological polar surface area (TPSA) is 156 Å². The third-order valence-electron chi connectivity index (χ3n) is 1.54. The van der Waals surface area contributed by atoms with Crippen LogP contribution in [0.2, 0.25) is 0 Å². The Bertz CT molecular complexity index is 286. The third-order valence-corrected chi connectivity index (χ3v) is 3.80. The number of carboxylic acids is 2. The van der Waals surface area contributed by atoms with Gasteiger partial charge in [0.25, 0.3) is 0 Å². The summed E-state index contributed by atoms with van der Waals surface area (Å²) in [6.45, 7) is 3.04. The molecule has 4 unspecified atom stereocenters. The van der Waals surface area contributed by atoms with E-state index >= 15 is 0 Å². The monoisotopic (exact) mass is 332 g/mol. The fraction of sp³-hybridized carbons (Fsp3) is 0.800. The maximum absolute atomic E-state index is 10.00. The van der Waals surface area contributed by atoms with Crippen LogP contribution in [0.4, 0.5) is 0 Å². The zero-order chi connectivity index (χ0) is 16.3. The number of rotatable bonds is 8. The van der Waals surface area contributed by atoms with Crippen LogP contribution in [-0.2, 0) is 9.59 Å². The minimum atomic E-state index is -1.43. The molecule has 0 rings (SSSR count). The number of thioether (sulfide) groups is 2. The first kappa shape index (κ1) is 21.8. The number of hydrogen-bond donors (Lipinski definition) is 6. The van der Waals surface area contributed by atoms with E-state index in [0.29, 0.717) is 0 Å². The molecule has 0 saturated carbocycles. The van der Waals surface area contributed by atoms with Gasteiger partial charge in [-0.2, -0.15) is 0 Å². The number of hydrogen-bond acceptors (Lipinski definition) is 8. The number of aliphatic carboxylic acids is 2. The van der Waals surface area contributed by atoms with Gasteiger partial charge in [-0.25, -0.2) is 9.59 Å². The van der Waals surface area contributed by atoms with Crippen LogP contribution >= 0.6 is 23.5 Å². The Kier molecular flexibility index (Phi) is 13.3. The smallest absolute Gasteiger partial charge is 0.343 e. The average molecular weight is 332 g/mol. The van der Waals surface area contributed by atoms with Crippen LogP contribution in [0.3, 0.4) is 0 Å². The molecule has 0 aromatic rings. The fourth-order valence-electron chi connectivity index (χ4n) is 0.623.